The Kier molecular flexibility index (Phi) is 1.57. The lowest BCUT2D eigenvalue weighted by Crippen LogP contribution is -2.34. The largest absolute Gasteiger partial charge is 0.212 e. The normalized spacial score (nSPS) is 20.7. The minimum absolute atomic E-state index is 0.215. The van der Waals surface area contributed by atoms with E-state index in [2.05, 4.69) is 0 Å². The van der Waals surface area contributed by atoms with Crippen LogP contribution in [0.15, 0.2) is 36.5 Å². The predicted molar refractivity (Wildman–Crippen MR) is 81.2 cm³/mol. The number of benzene rings is 1. The van der Waals surface area contributed by atoms with Gasteiger partial charge in [0.05, 0.1) is 0 Å². The zero-order valence-electron chi connectivity index (χ0n) is 20.4. The highest BCUT2D eigenvalue weighted by Crippen LogP contribution is 2.27. The fraction of sp³-hybridized carbons (Fsp3) is 0.389. The van der Waals surface area contributed by atoms with Gasteiger partial charge in [0.1, 0.15) is 7.05 Å². The Morgan fingerprint density at radius 3 is 2.37 bits per heavy atom. The van der Waals surface area contributed by atoms with Crippen molar-refractivity contribution in [2.75, 3.05) is 0 Å². The molecule has 1 aromatic heterocycles. The zero-order chi connectivity index (χ0) is 21.7. The first-order valence-electron chi connectivity index (χ1n) is 10.6. The van der Waals surface area contributed by atoms with Crippen LogP contribution in [0.1, 0.15) is 49.6 Å². The minimum Gasteiger partial charge on any atom is -0.201 e. The van der Waals surface area contributed by atoms with Gasteiger partial charge in [0.25, 0.3) is 0 Å². The summed E-state index contributed by atoms with van der Waals surface area (Å²) in [5.74, 6) is 0. The third-order valence-corrected chi connectivity index (χ3v) is 3.31. The van der Waals surface area contributed by atoms with E-state index in [1.807, 2.05) is 31.2 Å². The van der Waals surface area contributed by atoms with Crippen LogP contribution in [0.25, 0.3) is 11.3 Å². The summed E-state index contributed by atoms with van der Waals surface area (Å²) in [6, 6.07) is 9.23. The molecule has 2 aromatic rings. The van der Waals surface area contributed by atoms with Crippen molar-refractivity contribution in [3.8, 4) is 11.3 Å². The van der Waals surface area contributed by atoms with Crippen molar-refractivity contribution in [2.24, 2.45) is 7.05 Å². The fourth-order valence-electron chi connectivity index (χ4n) is 2.27. The molecule has 0 radical (unpaired) electrons. The van der Waals surface area contributed by atoms with Crippen LogP contribution in [0.4, 0.5) is 0 Å². The van der Waals surface area contributed by atoms with E-state index in [0.29, 0.717) is 5.56 Å². The van der Waals surface area contributed by atoms with Gasteiger partial charge < -0.3 is 0 Å². The van der Waals surface area contributed by atoms with Gasteiger partial charge >= 0.3 is 0 Å². The summed E-state index contributed by atoms with van der Waals surface area (Å²) in [5.41, 5.74) is -0.304. The fourth-order valence-corrected chi connectivity index (χ4v) is 2.27. The average molecular weight is 263 g/mol. The number of hydrogen-bond acceptors (Lipinski definition) is 0. The topological polar surface area (TPSA) is 3.88 Å². The second-order valence-electron chi connectivity index (χ2n) is 4.93. The maximum atomic E-state index is 7.91. The molecule has 0 aliphatic rings. The van der Waals surface area contributed by atoms with Gasteiger partial charge in [-0.05, 0) is 36.5 Å². The summed E-state index contributed by atoms with van der Waals surface area (Å²) in [7, 11) is 1.65. The van der Waals surface area contributed by atoms with Gasteiger partial charge in [0.15, 0.2) is 6.20 Å². The van der Waals surface area contributed by atoms with Crippen LogP contribution >= 0.6 is 0 Å². The smallest absolute Gasteiger partial charge is 0.201 e. The molecule has 0 saturated heterocycles. The summed E-state index contributed by atoms with van der Waals surface area (Å²) in [4.78, 5) is 0. The molecule has 0 spiro atoms. The number of hydrogen-bond donors (Lipinski definition) is 0. The van der Waals surface area contributed by atoms with Crippen molar-refractivity contribution in [1.82, 2.24) is 0 Å². The SMILES string of the molecule is [2H]C([2H])([2H])C(c1c[n+](C)c(-c2ccccc2C)cc1C)(C([2H])([2H])[2H])C([2H])([2H])[2H]. The minimum atomic E-state index is -3.27. The monoisotopic (exact) mass is 263 g/mol. The number of aryl methyl sites for hydroxylation is 3. The second kappa shape index (κ2) is 4.80. The van der Waals surface area contributed by atoms with E-state index in [-0.39, 0.29) is 5.56 Å². The lowest BCUT2D eigenvalue weighted by Gasteiger charge is -2.20. The quantitative estimate of drug-likeness (QED) is 0.682. The van der Waals surface area contributed by atoms with Crippen molar-refractivity contribution in [3.63, 3.8) is 0 Å². The van der Waals surface area contributed by atoms with Crippen LogP contribution in [0.2, 0.25) is 0 Å². The standard InChI is InChI=1S/C18H24N/c1-13-9-7-8-10-15(13)17-11-14(2)16(12-19(17)6)18(3,4)5/h7-12H,1-6H3/q+1/i3D3,4D3,5D3. The van der Waals surface area contributed by atoms with Crippen LogP contribution in [0.5, 0.6) is 0 Å². The maximum absolute atomic E-state index is 7.91. The average Bonchev–Trinajstić information content (AvgIpc) is 2.47. The predicted octanol–water partition coefficient (Wildman–Crippen LogP) is 4.09. The molecule has 1 nitrogen and oxygen atoms in total. The lowest BCUT2D eigenvalue weighted by atomic mass is 9.84. The van der Waals surface area contributed by atoms with Crippen LogP contribution in [-0.4, -0.2) is 0 Å². The van der Waals surface area contributed by atoms with Gasteiger partial charge in [-0.25, -0.2) is 4.57 Å². The van der Waals surface area contributed by atoms with Crippen molar-refractivity contribution in [3.05, 3.63) is 53.2 Å². The molecule has 0 fully saturated rings. The Hall–Kier alpha value is -1.63. The van der Waals surface area contributed by atoms with Gasteiger partial charge in [-0.15, -0.1) is 0 Å². The van der Waals surface area contributed by atoms with E-state index in [1.165, 1.54) is 6.20 Å². The van der Waals surface area contributed by atoms with Crippen molar-refractivity contribution >= 4 is 0 Å². The van der Waals surface area contributed by atoms with Crippen LogP contribution < -0.4 is 4.57 Å². The summed E-state index contributed by atoms with van der Waals surface area (Å²) in [6.45, 7) is -6.34. The number of nitrogens with zero attached hydrogens (tertiary/aromatic N) is 1. The number of pyridine rings is 1. The van der Waals surface area contributed by atoms with Gasteiger partial charge in [0.2, 0.25) is 5.69 Å². The highest BCUT2D eigenvalue weighted by atomic mass is 14.9. The molecule has 1 heteroatoms. The van der Waals surface area contributed by atoms with Gasteiger partial charge in [-0.2, -0.15) is 0 Å². The molecule has 0 aliphatic carbocycles. The van der Waals surface area contributed by atoms with Gasteiger partial charge in [0, 0.05) is 29.5 Å². The van der Waals surface area contributed by atoms with E-state index >= 15 is 0 Å². The Labute approximate surface area is 129 Å². The molecular formula is C18H24N+. The molecular weight excluding hydrogens is 230 g/mol. The first-order valence-corrected chi connectivity index (χ1v) is 6.12. The second-order valence-corrected chi connectivity index (χ2v) is 4.93. The Morgan fingerprint density at radius 2 is 1.74 bits per heavy atom. The summed E-state index contributed by atoms with van der Waals surface area (Å²) < 4.78 is 72.8. The summed E-state index contributed by atoms with van der Waals surface area (Å²) in [5, 5.41) is 0. The Balaban J connectivity index is 2.91. The maximum Gasteiger partial charge on any atom is 0.212 e. The van der Waals surface area contributed by atoms with Gasteiger partial charge in [-0.3, -0.25) is 0 Å². The Bertz CT molecular complexity index is 840. The van der Waals surface area contributed by atoms with E-state index < -0.39 is 26.0 Å². The molecule has 1 aromatic carbocycles. The molecule has 0 atom stereocenters. The molecule has 100 valence electrons. The molecule has 1 heterocycles. The molecule has 0 saturated carbocycles. The first kappa shape index (κ1) is 6.21. The highest BCUT2D eigenvalue weighted by molar-refractivity contribution is 5.61. The van der Waals surface area contributed by atoms with Crippen LogP contribution in [0.3, 0.4) is 0 Å². The van der Waals surface area contributed by atoms with E-state index in [4.69, 9.17) is 12.3 Å². The van der Waals surface area contributed by atoms with Gasteiger partial charge in [-0.1, -0.05) is 38.8 Å². The van der Waals surface area contributed by atoms with E-state index in [0.717, 1.165) is 16.8 Å². The molecule has 2 rings (SSSR count). The van der Waals surface area contributed by atoms with Crippen LogP contribution in [0, 0.1) is 13.8 Å². The third-order valence-electron chi connectivity index (χ3n) is 3.31. The molecule has 0 unspecified atom stereocenters. The number of rotatable bonds is 1. The molecule has 0 aliphatic heterocycles. The van der Waals surface area contributed by atoms with E-state index in [9.17, 15) is 0 Å². The van der Waals surface area contributed by atoms with Crippen molar-refractivity contribution in [2.45, 2.75) is 39.8 Å². The Morgan fingerprint density at radius 1 is 1.05 bits per heavy atom. The van der Waals surface area contributed by atoms with E-state index in [1.54, 1.807) is 24.6 Å². The molecule has 0 amide bonds. The van der Waals surface area contributed by atoms with Crippen LogP contribution in [-0.2, 0) is 12.5 Å². The summed E-state index contributed by atoms with van der Waals surface area (Å²) in [6.07, 6.45) is 1.34. The molecule has 0 bridgehead atoms. The number of aromatic nitrogens is 1. The lowest BCUT2D eigenvalue weighted by molar-refractivity contribution is -0.661. The van der Waals surface area contributed by atoms with Crippen molar-refractivity contribution in [1.29, 1.82) is 0 Å². The highest BCUT2D eigenvalue weighted by Gasteiger charge is 2.22. The summed E-state index contributed by atoms with van der Waals surface area (Å²) >= 11 is 0. The zero-order valence-corrected chi connectivity index (χ0v) is 11.4. The third kappa shape index (κ3) is 2.70. The van der Waals surface area contributed by atoms with Crippen molar-refractivity contribution < 1.29 is 16.9 Å². The molecule has 0 N–H and O–H groups in total. The first-order chi connectivity index (χ1) is 12.6. The molecule has 19 heavy (non-hydrogen) atoms.